The van der Waals surface area contributed by atoms with Crippen molar-refractivity contribution in [1.82, 2.24) is 9.55 Å². The predicted octanol–water partition coefficient (Wildman–Crippen LogP) is 2.83. The number of aromatic nitrogens is 2. The van der Waals surface area contributed by atoms with Gasteiger partial charge in [-0.05, 0) is 38.7 Å². The Kier molecular flexibility index (Phi) is 3.47. The molecule has 1 aromatic heterocycles. The first-order valence-electron chi connectivity index (χ1n) is 6.00. The summed E-state index contributed by atoms with van der Waals surface area (Å²) in [6.07, 6.45) is 5.68. The van der Waals surface area contributed by atoms with Gasteiger partial charge < -0.3 is 10.3 Å². The molecule has 0 unspecified atom stereocenters. The van der Waals surface area contributed by atoms with Gasteiger partial charge in [-0.15, -0.1) is 0 Å². The van der Waals surface area contributed by atoms with Gasteiger partial charge in [-0.3, -0.25) is 0 Å². The van der Waals surface area contributed by atoms with E-state index in [9.17, 15) is 0 Å². The highest BCUT2D eigenvalue weighted by molar-refractivity contribution is 7.98. The van der Waals surface area contributed by atoms with Gasteiger partial charge in [0.25, 0.3) is 0 Å². The molecule has 90 valence electrons. The van der Waals surface area contributed by atoms with Crippen LogP contribution >= 0.6 is 11.8 Å². The number of nitrogens with two attached hydrogens (primary N) is 1. The van der Waals surface area contributed by atoms with E-state index in [0.29, 0.717) is 12.0 Å². The summed E-state index contributed by atoms with van der Waals surface area (Å²) in [5.74, 6) is 3.89. The Bertz CT molecular complexity index is 367. The van der Waals surface area contributed by atoms with E-state index in [1.165, 1.54) is 18.7 Å². The number of imidazole rings is 1. The lowest BCUT2D eigenvalue weighted by atomic mass is 10.3. The van der Waals surface area contributed by atoms with Crippen molar-refractivity contribution in [2.24, 2.45) is 0 Å². The second-order valence-corrected chi connectivity index (χ2v) is 5.77. The molecule has 16 heavy (non-hydrogen) atoms. The van der Waals surface area contributed by atoms with Crippen LogP contribution in [0.15, 0.2) is 0 Å². The van der Waals surface area contributed by atoms with E-state index in [4.69, 9.17) is 10.7 Å². The molecule has 1 fully saturated rings. The molecule has 2 N–H and O–H groups in total. The van der Waals surface area contributed by atoms with Crippen LogP contribution < -0.4 is 5.73 Å². The average molecular weight is 239 g/mol. The van der Waals surface area contributed by atoms with Crippen LogP contribution in [0, 0.1) is 0 Å². The van der Waals surface area contributed by atoms with Gasteiger partial charge in [-0.25, -0.2) is 4.98 Å². The lowest BCUT2D eigenvalue weighted by Crippen LogP contribution is -2.09. The number of aryl methyl sites for hydroxylation is 1. The fourth-order valence-corrected chi connectivity index (χ4v) is 2.46. The molecule has 4 heteroatoms. The van der Waals surface area contributed by atoms with E-state index in [2.05, 4.69) is 24.7 Å². The summed E-state index contributed by atoms with van der Waals surface area (Å²) in [5.41, 5.74) is 7.30. The number of anilines is 1. The molecule has 0 radical (unpaired) electrons. The fourth-order valence-electron chi connectivity index (χ4n) is 2.07. The molecule has 3 nitrogen and oxygen atoms in total. The Morgan fingerprint density at radius 1 is 1.50 bits per heavy atom. The molecule has 2 rings (SSSR count). The van der Waals surface area contributed by atoms with Crippen molar-refractivity contribution in [3.63, 3.8) is 0 Å². The first-order valence-corrected chi connectivity index (χ1v) is 7.40. The minimum absolute atomic E-state index is 0.422. The van der Waals surface area contributed by atoms with Crippen LogP contribution in [0.25, 0.3) is 0 Å². The van der Waals surface area contributed by atoms with Crippen molar-refractivity contribution in [3.8, 4) is 0 Å². The highest BCUT2D eigenvalue weighted by Crippen LogP contribution is 2.41. The van der Waals surface area contributed by atoms with Crippen molar-refractivity contribution < 1.29 is 0 Å². The van der Waals surface area contributed by atoms with Crippen molar-refractivity contribution in [3.05, 3.63) is 11.5 Å². The van der Waals surface area contributed by atoms with Crippen LogP contribution in [0.3, 0.4) is 0 Å². The quantitative estimate of drug-likeness (QED) is 0.859. The van der Waals surface area contributed by atoms with E-state index in [-0.39, 0.29) is 0 Å². The van der Waals surface area contributed by atoms with Gasteiger partial charge >= 0.3 is 0 Å². The maximum Gasteiger partial charge on any atom is 0.127 e. The highest BCUT2D eigenvalue weighted by Gasteiger charge is 2.31. The Hall–Kier alpha value is -0.640. The van der Waals surface area contributed by atoms with Crippen LogP contribution in [0.1, 0.15) is 50.2 Å². The molecular weight excluding hydrogens is 218 g/mol. The van der Waals surface area contributed by atoms with Gasteiger partial charge in [0.15, 0.2) is 0 Å². The molecule has 0 atom stereocenters. The Balaban J connectivity index is 2.29. The minimum atomic E-state index is 0.422. The minimum Gasteiger partial charge on any atom is -0.384 e. The number of nitrogen functional groups attached to an aromatic ring is 1. The van der Waals surface area contributed by atoms with E-state index in [1.54, 1.807) is 0 Å². The zero-order valence-electron chi connectivity index (χ0n) is 10.4. The number of hydrogen-bond acceptors (Lipinski definition) is 3. The summed E-state index contributed by atoms with van der Waals surface area (Å²) in [4.78, 5) is 4.76. The van der Waals surface area contributed by atoms with Crippen molar-refractivity contribution >= 4 is 17.6 Å². The summed E-state index contributed by atoms with van der Waals surface area (Å²) in [6.45, 7) is 4.37. The predicted molar refractivity (Wildman–Crippen MR) is 71.1 cm³/mol. The number of thioether (sulfide) groups is 1. The summed E-state index contributed by atoms with van der Waals surface area (Å²) in [7, 11) is 0. The second kappa shape index (κ2) is 4.70. The van der Waals surface area contributed by atoms with Gasteiger partial charge in [0.1, 0.15) is 11.6 Å². The average Bonchev–Trinajstić information content (AvgIpc) is 3.01. The molecule has 0 aromatic carbocycles. The zero-order valence-corrected chi connectivity index (χ0v) is 11.2. The lowest BCUT2D eigenvalue weighted by molar-refractivity contribution is 0.576. The number of nitrogens with zero attached hydrogens (tertiary/aromatic N) is 2. The van der Waals surface area contributed by atoms with E-state index >= 15 is 0 Å². The highest BCUT2D eigenvalue weighted by atomic mass is 32.2. The van der Waals surface area contributed by atoms with Crippen molar-refractivity contribution in [2.45, 2.75) is 45.1 Å². The van der Waals surface area contributed by atoms with Crippen LogP contribution in [0.5, 0.6) is 0 Å². The van der Waals surface area contributed by atoms with Crippen LogP contribution in [0.2, 0.25) is 0 Å². The first kappa shape index (κ1) is 11.8. The summed E-state index contributed by atoms with van der Waals surface area (Å²) in [6, 6.07) is 0.422. The van der Waals surface area contributed by atoms with Crippen molar-refractivity contribution in [1.29, 1.82) is 0 Å². The number of rotatable bonds is 5. The second-order valence-electron chi connectivity index (χ2n) is 4.78. The largest absolute Gasteiger partial charge is 0.384 e. The van der Waals surface area contributed by atoms with E-state index in [0.717, 1.165) is 23.7 Å². The number of hydrogen-bond donors (Lipinski definition) is 1. The van der Waals surface area contributed by atoms with Gasteiger partial charge in [0.05, 0.1) is 5.69 Å². The molecule has 1 saturated carbocycles. The third-order valence-electron chi connectivity index (χ3n) is 3.05. The van der Waals surface area contributed by atoms with Crippen LogP contribution in [-0.2, 0) is 6.42 Å². The SMILES string of the molecule is CSCCc1nc(C2CC2)n(C(C)C)c1N. The van der Waals surface area contributed by atoms with E-state index < -0.39 is 0 Å². The fraction of sp³-hybridized carbons (Fsp3) is 0.750. The van der Waals surface area contributed by atoms with Gasteiger partial charge in [0, 0.05) is 18.4 Å². The molecule has 0 spiro atoms. The molecule has 0 saturated heterocycles. The summed E-state index contributed by atoms with van der Waals surface area (Å²) >= 11 is 1.85. The molecule has 1 aromatic rings. The van der Waals surface area contributed by atoms with Crippen LogP contribution in [-0.4, -0.2) is 21.6 Å². The summed E-state index contributed by atoms with van der Waals surface area (Å²) < 4.78 is 2.23. The third-order valence-corrected chi connectivity index (χ3v) is 3.67. The van der Waals surface area contributed by atoms with Crippen molar-refractivity contribution in [2.75, 3.05) is 17.7 Å². The van der Waals surface area contributed by atoms with Gasteiger partial charge in [0.2, 0.25) is 0 Å². The lowest BCUT2D eigenvalue weighted by Gasteiger charge is -2.13. The molecule has 1 heterocycles. The molecular formula is C12H21N3S. The zero-order chi connectivity index (χ0) is 11.7. The molecule has 1 aliphatic carbocycles. The van der Waals surface area contributed by atoms with Crippen LogP contribution in [0.4, 0.5) is 5.82 Å². The molecule has 0 aliphatic heterocycles. The molecule has 0 bridgehead atoms. The van der Waals surface area contributed by atoms with Gasteiger partial charge in [-0.1, -0.05) is 0 Å². The maximum atomic E-state index is 6.20. The van der Waals surface area contributed by atoms with Gasteiger partial charge in [-0.2, -0.15) is 11.8 Å². The maximum absolute atomic E-state index is 6.20. The van der Waals surface area contributed by atoms with E-state index in [1.807, 2.05) is 11.8 Å². The Morgan fingerprint density at radius 2 is 2.19 bits per heavy atom. The Morgan fingerprint density at radius 3 is 2.69 bits per heavy atom. The molecule has 0 amide bonds. The molecule has 1 aliphatic rings. The monoisotopic (exact) mass is 239 g/mol. The Labute approximate surface area is 102 Å². The third kappa shape index (κ3) is 2.21. The smallest absolute Gasteiger partial charge is 0.127 e. The first-order chi connectivity index (χ1) is 7.65. The topological polar surface area (TPSA) is 43.8 Å². The normalized spacial score (nSPS) is 16.0. The summed E-state index contributed by atoms with van der Waals surface area (Å²) in [5, 5.41) is 0. The standard InChI is InChI=1S/C12H21N3S/c1-8(2)15-11(13)10(6-7-16-3)14-12(15)9-4-5-9/h8-9H,4-7,13H2,1-3H3.